The molecule has 5 heteroatoms. The van der Waals surface area contributed by atoms with Crippen molar-refractivity contribution < 1.29 is 4.79 Å². The summed E-state index contributed by atoms with van der Waals surface area (Å²) >= 11 is 0. The molecule has 5 nitrogen and oxygen atoms in total. The van der Waals surface area contributed by atoms with E-state index in [0.29, 0.717) is 13.0 Å². The lowest BCUT2D eigenvalue weighted by Gasteiger charge is -2.39. The van der Waals surface area contributed by atoms with Gasteiger partial charge in [0, 0.05) is 65.8 Å². The van der Waals surface area contributed by atoms with Crippen LogP contribution in [0.4, 0.5) is 0 Å². The van der Waals surface area contributed by atoms with Gasteiger partial charge in [-0.05, 0) is 18.8 Å². The number of carbonyl (C=O) groups excluding carboxylic acids is 1. The Morgan fingerprint density at radius 1 is 1.26 bits per heavy atom. The summed E-state index contributed by atoms with van der Waals surface area (Å²) in [6.07, 6.45) is 3.39. The van der Waals surface area contributed by atoms with Gasteiger partial charge in [0.15, 0.2) is 0 Å². The predicted molar refractivity (Wildman–Crippen MR) is 76.9 cm³/mol. The zero-order chi connectivity index (χ0) is 13.8. The first-order valence-corrected chi connectivity index (χ1v) is 7.46. The highest BCUT2D eigenvalue weighted by Crippen LogP contribution is 2.30. The zero-order valence-electron chi connectivity index (χ0n) is 12.3. The quantitative estimate of drug-likeness (QED) is 0.726. The molecule has 1 aliphatic carbocycles. The first kappa shape index (κ1) is 14.8. The second-order valence-corrected chi connectivity index (χ2v) is 6.16. The van der Waals surface area contributed by atoms with Gasteiger partial charge in [-0.2, -0.15) is 0 Å². The van der Waals surface area contributed by atoms with Crippen molar-refractivity contribution in [1.82, 2.24) is 14.7 Å². The summed E-state index contributed by atoms with van der Waals surface area (Å²) in [5.41, 5.74) is 5.85. The van der Waals surface area contributed by atoms with Gasteiger partial charge < -0.3 is 15.5 Å². The fourth-order valence-corrected chi connectivity index (χ4v) is 2.72. The van der Waals surface area contributed by atoms with E-state index in [1.807, 2.05) is 14.1 Å². The smallest absolute Gasteiger partial charge is 0.223 e. The van der Waals surface area contributed by atoms with Crippen molar-refractivity contribution >= 4 is 5.91 Å². The number of rotatable bonds is 6. The van der Waals surface area contributed by atoms with E-state index < -0.39 is 0 Å². The molecule has 0 aromatic rings. The Hall–Kier alpha value is -0.650. The van der Waals surface area contributed by atoms with Gasteiger partial charge in [-0.15, -0.1) is 0 Å². The summed E-state index contributed by atoms with van der Waals surface area (Å²) in [4.78, 5) is 18.4. The lowest BCUT2D eigenvalue weighted by molar-refractivity contribution is -0.130. The standard InChI is InChI=1S/C14H28N4O/c1-16(2)14(19)9-13(10-15)18-7-5-17(6-8-18)11-12-3-4-12/h12-13H,3-11,15H2,1-2H3. The average molecular weight is 268 g/mol. The predicted octanol–water partition coefficient (Wildman–Crippen LogP) is -0.180. The Kier molecular flexibility index (Phi) is 5.19. The monoisotopic (exact) mass is 268 g/mol. The molecular weight excluding hydrogens is 240 g/mol. The molecule has 0 spiro atoms. The van der Waals surface area contributed by atoms with Crippen LogP contribution in [0.25, 0.3) is 0 Å². The van der Waals surface area contributed by atoms with Crippen molar-refractivity contribution in [2.24, 2.45) is 11.7 Å². The molecule has 2 N–H and O–H groups in total. The molecule has 1 atom stereocenters. The number of hydrogen-bond acceptors (Lipinski definition) is 4. The molecule has 0 bridgehead atoms. The van der Waals surface area contributed by atoms with Gasteiger partial charge in [-0.25, -0.2) is 0 Å². The van der Waals surface area contributed by atoms with Crippen LogP contribution in [0.15, 0.2) is 0 Å². The molecule has 0 aromatic heterocycles. The summed E-state index contributed by atoms with van der Waals surface area (Å²) in [7, 11) is 3.62. The van der Waals surface area contributed by atoms with Gasteiger partial charge in [0.2, 0.25) is 5.91 Å². The number of hydrogen-bond donors (Lipinski definition) is 1. The Labute approximate surface area is 116 Å². The minimum Gasteiger partial charge on any atom is -0.349 e. The van der Waals surface area contributed by atoms with E-state index in [1.165, 1.54) is 19.4 Å². The topological polar surface area (TPSA) is 52.8 Å². The summed E-state index contributed by atoms with van der Waals surface area (Å²) < 4.78 is 0. The number of nitrogens with zero attached hydrogens (tertiary/aromatic N) is 3. The molecule has 19 heavy (non-hydrogen) atoms. The van der Waals surface area contributed by atoms with Crippen LogP contribution in [0.5, 0.6) is 0 Å². The Morgan fingerprint density at radius 2 is 1.89 bits per heavy atom. The number of carbonyl (C=O) groups is 1. The fraction of sp³-hybridized carbons (Fsp3) is 0.929. The molecular formula is C14H28N4O. The Balaban J connectivity index is 1.75. The van der Waals surface area contributed by atoms with E-state index >= 15 is 0 Å². The highest BCUT2D eigenvalue weighted by Gasteiger charge is 2.29. The van der Waals surface area contributed by atoms with Crippen molar-refractivity contribution in [3.05, 3.63) is 0 Å². The average Bonchev–Trinajstić information content (AvgIpc) is 3.20. The van der Waals surface area contributed by atoms with Gasteiger partial charge in [-0.1, -0.05) is 0 Å². The minimum atomic E-state index is 0.177. The number of amides is 1. The second kappa shape index (κ2) is 6.68. The fourth-order valence-electron chi connectivity index (χ4n) is 2.72. The molecule has 1 saturated carbocycles. The van der Waals surface area contributed by atoms with Gasteiger partial charge in [0.05, 0.1) is 0 Å². The number of nitrogens with two attached hydrogens (primary N) is 1. The first-order chi connectivity index (χ1) is 9.10. The third-order valence-corrected chi connectivity index (χ3v) is 4.32. The van der Waals surface area contributed by atoms with E-state index in [9.17, 15) is 4.79 Å². The van der Waals surface area contributed by atoms with Crippen molar-refractivity contribution in [3.8, 4) is 0 Å². The van der Waals surface area contributed by atoms with Crippen molar-refractivity contribution in [1.29, 1.82) is 0 Å². The lowest BCUT2D eigenvalue weighted by Crippen LogP contribution is -2.53. The summed E-state index contributed by atoms with van der Waals surface area (Å²) in [5, 5.41) is 0. The van der Waals surface area contributed by atoms with Crippen molar-refractivity contribution in [2.45, 2.75) is 25.3 Å². The molecule has 0 radical (unpaired) electrons. The molecule has 110 valence electrons. The minimum absolute atomic E-state index is 0.177. The van der Waals surface area contributed by atoms with E-state index in [0.717, 1.165) is 32.1 Å². The van der Waals surface area contributed by atoms with E-state index in [4.69, 9.17) is 5.73 Å². The highest BCUT2D eigenvalue weighted by molar-refractivity contribution is 5.76. The summed E-state index contributed by atoms with van der Waals surface area (Å²) in [6.45, 7) is 6.21. The first-order valence-electron chi connectivity index (χ1n) is 7.46. The summed E-state index contributed by atoms with van der Waals surface area (Å²) in [5.74, 6) is 1.14. The maximum Gasteiger partial charge on any atom is 0.223 e. The Morgan fingerprint density at radius 3 is 2.37 bits per heavy atom. The molecule has 2 aliphatic rings. The zero-order valence-corrected chi connectivity index (χ0v) is 12.3. The summed E-state index contributed by atoms with van der Waals surface area (Å²) in [6, 6.07) is 0.206. The van der Waals surface area contributed by atoms with E-state index in [2.05, 4.69) is 9.80 Å². The largest absolute Gasteiger partial charge is 0.349 e. The van der Waals surface area contributed by atoms with E-state index in [1.54, 1.807) is 4.90 Å². The SMILES string of the molecule is CN(C)C(=O)CC(CN)N1CCN(CC2CC2)CC1. The third-order valence-electron chi connectivity index (χ3n) is 4.32. The van der Waals surface area contributed by atoms with Crippen LogP contribution in [-0.2, 0) is 4.79 Å². The normalized spacial score (nSPS) is 23.3. The van der Waals surface area contributed by atoms with Crippen LogP contribution < -0.4 is 5.73 Å². The maximum atomic E-state index is 11.8. The second-order valence-electron chi connectivity index (χ2n) is 6.16. The molecule has 1 saturated heterocycles. The molecule has 1 heterocycles. The van der Waals surface area contributed by atoms with Gasteiger partial charge in [-0.3, -0.25) is 9.69 Å². The van der Waals surface area contributed by atoms with Gasteiger partial charge in [0.25, 0.3) is 0 Å². The number of piperazine rings is 1. The molecule has 1 aliphatic heterocycles. The van der Waals surface area contributed by atoms with Crippen molar-refractivity contribution in [2.75, 3.05) is 53.4 Å². The van der Waals surface area contributed by atoms with Crippen molar-refractivity contribution in [3.63, 3.8) is 0 Å². The van der Waals surface area contributed by atoms with Gasteiger partial charge >= 0.3 is 0 Å². The maximum absolute atomic E-state index is 11.8. The van der Waals surface area contributed by atoms with Crippen LogP contribution in [-0.4, -0.2) is 80.0 Å². The van der Waals surface area contributed by atoms with Crippen LogP contribution in [0.1, 0.15) is 19.3 Å². The van der Waals surface area contributed by atoms with Crippen LogP contribution in [0.3, 0.4) is 0 Å². The van der Waals surface area contributed by atoms with Crippen LogP contribution in [0, 0.1) is 5.92 Å². The van der Waals surface area contributed by atoms with Crippen LogP contribution >= 0.6 is 0 Å². The van der Waals surface area contributed by atoms with E-state index in [-0.39, 0.29) is 11.9 Å². The lowest BCUT2D eigenvalue weighted by atomic mass is 10.1. The van der Waals surface area contributed by atoms with Crippen LogP contribution in [0.2, 0.25) is 0 Å². The highest BCUT2D eigenvalue weighted by atomic mass is 16.2. The molecule has 1 unspecified atom stereocenters. The Bertz CT molecular complexity index is 296. The third kappa shape index (κ3) is 4.44. The molecule has 2 rings (SSSR count). The molecule has 2 fully saturated rings. The van der Waals surface area contributed by atoms with Gasteiger partial charge in [0.1, 0.15) is 0 Å². The molecule has 1 amide bonds. The molecule has 0 aromatic carbocycles.